The van der Waals surface area contributed by atoms with Gasteiger partial charge in [0.15, 0.2) is 5.69 Å². The molecule has 2 rings (SSSR count). The maximum absolute atomic E-state index is 12.2. The summed E-state index contributed by atoms with van der Waals surface area (Å²) in [6.45, 7) is 6.81. The lowest BCUT2D eigenvalue weighted by Gasteiger charge is -2.37. The molecule has 0 saturated carbocycles. The van der Waals surface area contributed by atoms with Gasteiger partial charge in [0.1, 0.15) is 0 Å². The first-order valence-electron chi connectivity index (χ1n) is 6.73. The second kappa shape index (κ2) is 5.29. The van der Waals surface area contributed by atoms with Crippen LogP contribution in [-0.2, 0) is 0 Å². The quantitative estimate of drug-likeness (QED) is 0.894. The summed E-state index contributed by atoms with van der Waals surface area (Å²) in [5.41, 5.74) is -0.868. The van der Waals surface area contributed by atoms with Crippen LogP contribution in [0.2, 0.25) is 0 Å². The third-order valence-corrected chi connectivity index (χ3v) is 3.67. The van der Waals surface area contributed by atoms with Gasteiger partial charge in [0, 0.05) is 0 Å². The smallest absolute Gasteiger partial charge is 0.273 e. The Morgan fingerprint density at radius 1 is 1.19 bits per heavy atom. The van der Waals surface area contributed by atoms with Gasteiger partial charge in [-0.25, -0.2) is 0 Å². The summed E-state index contributed by atoms with van der Waals surface area (Å²) < 4.78 is 0. The van der Waals surface area contributed by atoms with E-state index >= 15 is 0 Å². The maximum Gasteiger partial charge on any atom is 0.273 e. The number of nitrogens with one attached hydrogen (secondary N) is 1. The number of rotatable bonds is 4. The van der Waals surface area contributed by atoms with Crippen molar-refractivity contribution in [2.45, 2.75) is 38.8 Å². The third kappa shape index (κ3) is 3.28. The van der Waals surface area contributed by atoms with Gasteiger partial charge >= 0.3 is 0 Å². The Balaban J connectivity index is 2.17. The number of hydrogen-bond acceptors (Lipinski definition) is 4. The highest BCUT2D eigenvalue weighted by atomic mass is 16.3. The van der Waals surface area contributed by atoms with E-state index in [0.29, 0.717) is 0 Å². The molecule has 2 N–H and O–H groups in total. The van der Waals surface area contributed by atoms with E-state index in [1.165, 1.54) is 11.0 Å². The summed E-state index contributed by atoms with van der Waals surface area (Å²) in [7, 11) is 0. The van der Waals surface area contributed by atoms with Crippen molar-refractivity contribution in [3.8, 4) is 5.69 Å². The summed E-state index contributed by atoms with van der Waals surface area (Å²) in [5, 5.41) is 21.1. The van der Waals surface area contributed by atoms with Crippen molar-refractivity contribution < 1.29 is 9.90 Å². The zero-order chi connectivity index (χ0) is 15.7. The molecule has 6 nitrogen and oxygen atoms in total. The number of amides is 1. The Kier molecular flexibility index (Phi) is 3.82. The van der Waals surface area contributed by atoms with Crippen LogP contribution in [0, 0.1) is 0 Å². The molecule has 1 amide bonds. The predicted octanol–water partition coefficient (Wildman–Crippen LogP) is 1.55. The molecule has 0 bridgehead atoms. The Morgan fingerprint density at radius 3 is 2.38 bits per heavy atom. The van der Waals surface area contributed by atoms with Crippen LogP contribution in [0.15, 0.2) is 36.5 Å². The minimum absolute atomic E-state index is 0.205. The number of carbonyl (C=O) groups excluding carboxylic acids is 1. The van der Waals surface area contributed by atoms with E-state index in [-0.39, 0.29) is 11.6 Å². The van der Waals surface area contributed by atoms with Crippen molar-refractivity contribution in [3.05, 3.63) is 42.2 Å². The first-order chi connectivity index (χ1) is 9.71. The van der Waals surface area contributed by atoms with Crippen LogP contribution in [-0.4, -0.2) is 37.1 Å². The highest BCUT2D eigenvalue weighted by molar-refractivity contribution is 5.92. The molecule has 0 spiro atoms. The van der Waals surface area contributed by atoms with Gasteiger partial charge in [-0.3, -0.25) is 4.79 Å². The average molecular weight is 288 g/mol. The van der Waals surface area contributed by atoms with E-state index in [1.54, 1.807) is 27.7 Å². The molecule has 6 heteroatoms. The van der Waals surface area contributed by atoms with Gasteiger partial charge in [0.05, 0.1) is 23.0 Å². The summed E-state index contributed by atoms with van der Waals surface area (Å²) in [4.78, 5) is 13.6. The first-order valence-corrected chi connectivity index (χ1v) is 6.73. The molecule has 0 fully saturated rings. The molecule has 1 heterocycles. The summed E-state index contributed by atoms with van der Waals surface area (Å²) in [6.07, 6.45) is 1.41. The maximum atomic E-state index is 12.2. The van der Waals surface area contributed by atoms with E-state index in [1.807, 2.05) is 30.3 Å². The first kappa shape index (κ1) is 15.2. The summed E-state index contributed by atoms with van der Waals surface area (Å²) >= 11 is 0. The van der Waals surface area contributed by atoms with Gasteiger partial charge in [-0.2, -0.15) is 9.90 Å². The van der Waals surface area contributed by atoms with Crippen molar-refractivity contribution in [2.75, 3.05) is 0 Å². The number of benzene rings is 1. The van der Waals surface area contributed by atoms with E-state index in [4.69, 9.17) is 0 Å². The fourth-order valence-electron chi connectivity index (χ4n) is 1.55. The molecular formula is C15H20N4O2. The molecular weight excluding hydrogens is 268 g/mol. The van der Waals surface area contributed by atoms with Gasteiger partial charge in [0.25, 0.3) is 5.91 Å². The monoisotopic (exact) mass is 288 g/mol. The van der Waals surface area contributed by atoms with E-state index in [2.05, 4.69) is 15.5 Å². The largest absolute Gasteiger partial charge is 0.388 e. The number of carbonyl (C=O) groups is 1. The normalized spacial score (nSPS) is 12.2. The molecule has 0 atom stereocenters. The second-order valence-corrected chi connectivity index (χ2v) is 5.99. The van der Waals surface area contributed by atoms with E-state index in [0.717, 1.165) is 5.69 Å². The number of para-hydroxylation sites is 1. The Labute approximate surface area is 123 Å². The molecule has 0 radical (unpaired) electrons. The highest BCUT2D eigenvalue weighted by Crippen LogP contribution is 2.20. The van der Waals surface area contributed by atoms with Crippen LogP contribution in [0.5, 0.6) is 0 Å². The fourth-order valence-corrected chi connectivity index (χ4v) is 1.55. The molecule has 0 aliphatic carbocycles. The van der Waals surface area contributed by atoms with Gasteiger partial charge in [-0.05, 0) is 39.8 Å². The minimum Gasteiger partial charge on any atom is -0.388 e. The van der Waals surface area contributed by atoms with Crippen molar-refractivity contribution in [1.29, 1.82) is 0 Å². The van der Waals surface area contributed by atoms with Crippen molar-refractivity contribution in [3.63, 3.8) is 0 Å². The van der Waals surface area contributed by atoms with Gasteiger partial charge < -0.3 is 10.4 Å². The molecule has 1 aromatic carbocycles. The van der Waals surface area contributed by atoms with E-state index in [9.17, 15) is 9.90 Å². The standard InChI is InChI=1S/C15H20N4O2/c1-14(2,15(3,4)21)17-13(20)12-10-16-19(18-12)11-8-6-5-7-9-11/h5-10,21H,1-4H3,(H,17,20). The van der Waals surface area contributed by atoms with Crippen LogP contribution in [0.3, 0.4) is 0 Å². The van der Waals surface area contributed by atoms with Gasteiger partial charge in [0.2, 0.25) is 0 Å². The lowest BCUT2D eigenvalue weighted by molar-refractivity contribution is -0.00303. The summed E-state index contributed by atoms with van der Waals surface area (Å²) in [6, 6.07) is 9.34. The van der Waals surface area contributed by atoms with Crippen molar-refractivity contribution in [1.82, 2.24) is 20.3 Å². The van der Waals surface area contributed by atoms with Crippen LogP contribution in [0.1, 0.15) is 38.2 Å². The predicted molar refractivity (Wildman–Crippen MR) is 79.2 cm³/mol. The Bertz CT molecular complexity index is 627. The topological polar surface area (TPSA) is 80.0 Å². The second-order valence-electron chi connectivity index (χ2n) is 5.99. The van der Waals surface area contributed by atoms with Crippen LogP contribution in [0.25, 0.3) is 5.69 Å². The Hall–Kier alpha value is -2.21. The third-order valence-electron chi connectivity index (χ3n) is 3.67. The van der Waals surface area contributed by atoms with Crippen molar-refractivity contribution >= 4 is 5.91 Å². The number of hydrogen-bond donors (Lipinski definition) is 2. The average Bonchev–Trinajstić information content (AvgIpc) is 2.87. The molecule has 0 saturated heterocycles. The molecule has 1 aromatic heterocycles. The fraction of sp³-hybridized carbons (Fsp3) is 0.400. The van der Waals surface area contributed by atoms with Crippen LogP contribution in [0.4, 0.5) is 0 Å². The molecule has 21 heavy (non-hydrogen) atoms. The highest BCUT2D eigenvalue weighted by Gasteiger charge is 2.37. The van der Waals surface area contributed by atoms with Gasteiger partial charge in [-0.15, -0.1) is 5.10 Å². The van der Waals surface area contributed by atoms with Crippen LogP contribution >= 0.6 is 0 Å². The minimum atomic E-state index is -1.06. The summed E-state index contributed by atoms with van der Waals surface area (Å²) in [5.74, 6) is -0.371. The van der Waals surface area contributed by atoms with Gasteiger partial charge in [-0.1, -0.05) is 18.2 Å². The molecule has 0 aliphatic heterocycles. The molecule has 0 aliphatic rings. The number of aliphatic hydroxyl groups is 1. The van der Waals surface area contributed by atoms with E-state index < -0.39 is 11.1 Å². The SMILES string of the molecule is CC(C)(O)C(C)(C)NC(=O)c1cnn(-c2ccccc2)n1. The van der Waals surface area contributed by atoms with Crippen LogP contribution < -0.4 is 5.32 Å². The lowest BCUT2D eigenvalue weighted by atomic mass is 9.86. The Morgan fingerprint density at radius 2 is 1.81 bits per heavy atom. The zero-order valence-corrected chi connectivity index (χ0v) is 12.7. The molecule has 2 aromatic rings. The number of nitrogens with zero attached hydrogens (tertiary/aromatic N) is 3. The molecule has 112 valence electrons. The lowest BCUT2D eigenvalue weighted by Crippen LogP contribution is -2.57. The van der Waals surface area contributed by atoms with Crippen molar-refractivity contribution in [2.24, 2.45) is 0 Å². The molecule has 0 unspecified atom stereocenters. The number of aromatic nitrogens is 3. The zero-order valence-electron chi connectivity index (χ0n) is 12.7.